The fourth-order valence-electron chi connectivity index (χ4n) is 3.52. The Labute approximate surface area is 111 Å². The lowest BCUT2D eigenvalue weighted by molar-refractivity contribution is 0.0230. The van der Waals surface area contributed by atoms with Gasteiger partial charge in [0.05, 0.1) is 11.7 Å². The highest BCUT2D eigenvalue weighted by Crippen LogP contribution is 2.27. The van der Waals surface area contributed by atoms with Crippen LogP contribution >= 0.6 is 0 Å². The number of aliphatic hydroxyl groups is 2. The van der Waals surface area contributed by atoms with Gasteiger partial charge < -0.3 is 15.5 Å². The fourth-order valence-corrected chi connectivity index (χ4v) is 3.52. The van der Waals surface area contributed by atoms with Crippen molar-refractivity contribution in [1.82, 2.24) is 5.32 Å². The lowest BCUT2D eigenvalue weighted by Gasteiger charge is -2.30. The Morgan fingerprint density at radius 2 is 1.72 bits per heavy atom. The molecule has 0 amide bonds. The summed E-state index contributed by atoms with van der Waals surface area (Å²) < 4.78 is 0. The monoisotopic (exact) mass is 255 g/mol. The van der Waals surface area contributed by atoms with Crippen molar-refractivity contribution >= 4 is 0 Å². The Bertz CT molecular complexity index is 237. The first-order valence-electron chi connectivity index (χ1n) is 7.79. The molecule has 0 aliphatic heterocycles. The van der Waals surface area contributed by atoms with Crippen molar-refractivity contribution in [3.8, 4) is 0 Å². The van der Waals surface area contributed by atoms with Crippen molar-refractivity contribution < 1.29 is 10.2 Å². The average molecular weight is 255 g/mol. The van der Waals surface area contributed by atoms with E-state index in [1.807, 2.05) is 0 Å². The molecule has 0 aromatic heterocycles. The predicted octanol–water partition coefficient (Wildman–Crippen LogP) is 2.21. The Balaban J connectivity index is 1.67. The van der Waals surface area contributed by atoms with Gasteiger partial charge in [-0.15, -0.1) is 0 Å². The summed E-state index contributed by atoms with van der Waals surface area (Å²) in [5.74, 6) is 0.600. The molecule has 3 N–H and O–H groups in total. The van der Waals surface area contributed by atoms with E-state index in [1.54, 1.807) is 0 Å². The van der Waals surface area contributed by atoms with E-state index in [1.165, 1.54) is 32.1 Å². The van der Waals surface area contributed by atoms with Gasteiger partial charge in [0, 0.05) is 6.54 Å². The third-order valence-electron chi connectivity index (χ3n) is 4.68. The van der Waals surface area contributed by atoms with Gasteiger partial charge in [-0.3, -0.25) is 0 Å². The largest absolute Gasteiger partial charge is 0.393 e. The van der Waals surface area contributed by atoms with E-state index in [0.29, 0.717) is 5.92 Å². The number of hydrogen-bond donors (Lipinski definition) is 3. The van der Waals surface area contributed by atoms with E-state index < -0.39 is 5.60 Å². The first-order chi connectivity index (χ1) is 8.68. The molecule has 106 valence electrons. The van der Waals surface area contributed by atoms with Gasteiger partial charge in [0.25, 0.3) is 0 Å². The molecule has 2 aliphatic carbocycles. The molecule has 2 rings (SSSR count). The van der Waals surface area contributed by atoms with Crippen LogP contribution in [0.2, 0.25) is 0 Å². The van der Waals surface area contributed by atoms with Crippen LogP contribution in [0, 0.1) is 5.92 Å². The second-order valence-corrected chi connectivity index (χ2v) is 6.46. The molecule has 0 heterocycles. The van der Waals surface area contributed by atoms with E-state index in [2.05, 4.69) is 5.32 Å². The first kappa shape index (κ1) is 14.3. The van der Waals surface area contributed by atoms with E-state index in [4.69, 9.17) is 0 Å². The molecule has 0 radical (unpaired) electrons. The number of aliphatic hydroxyl groups excluding tert-OH is 1. The summed E-state index contributed by atoms with van der Waals surface area (Å²) >= 11 is 0. The molecule has 0 aromatic rings. The van der Waals surface area contributed by atoms with Crippen molar-refractivity contribution in [2.24, 2.45) is 5.92 Å². The zero-order valence-corrected chi connectivity index (χ0v) is 11.5. The molecule has 2 fully saturated rings. The number of nitrogens with one attached hydrogen (secondary N) is 1. The summed E-state index contributed by atoms with van der Waals surface area (Å²) in [6.45, 7) is 1.69. The molecular weight excluding hydrogens is 226 g/mol. The van der Waals surface area contributed by atoms with Gasteiger partial charge >= 0.3 is 0 Å². The zero-order chi connectivity index (χ0) is 12.8. The normalized spacial score (nSPS) is 33.0. The smallest absolute Gasteiger partial charge is 0.0771 e. The van der Waals surface area contributed by atoms with Crippen molar-refractivity contribution in [1.29, 1.82) is 0 Å². The second-order valence-electron chi connectivity index (χ2n) is 6.46. The molecule has 18 heavy (non-hydrogen) atoms. The first-order valence-corrected chi connectivity index (χ1v) is 7.79. The average Bonchev–Trinajstić information content (AvgIpc) is 2.55. The van der Waals surface area contributed by atoms with Crippen LogP contribution < -0.4 is 5.32 Å². The minimum absolute atomic E-state index is 0.0912. The van der Waals surface area contributed by atoms with Gasteiger partial charge in [0.1, 0.15) is 0 Å². The summed E-state index contributed by atoms with van der Waals surface area (Å²) in [6.07, 6.45) is 11.0. The lowest BCUT2D eigenvalue weighted by Crippen LogP contribution is -2.42. The molecule has 2 saturated carbocycles. The van der Waals surface area contributed by atoms with Crippen LogP contribution in [-0.2, 0) is 0 Å². The van der Waals surface area contributed by atoms with Crippen LogP contribution in [0.1, 0.15) is 64.2 Å². The molecule has 0 aromatic carbocycles. The van der Waals surface area contributed by atoms with E-state index >= 15 is 0 Å². The Hall–Kier alpha value is -0.120. The maximum absolute atomic E-state index is 10.5. The molecule has 3 nitrogen and oxygen atoms in total. The number of rotatable bonds is 4. The predicted molar refractivity (Wildman–Crippen MR) is 73.5 cm³/mol. The third-order valence-corrected chi connectivity index (χ3v) is 4.68. The molecule has 2 aliphatic rings. The molecule has 3 heteroatoms. The Kier molecular flexibility index (Phi) is 5.46. The minimum atomic E-state index is -0.468. The summed E-state index contributed by atoms with van der Waals surface area (Å²) in [6, 6.07) is 0. The molecule has 0 saturated heterocycles. The fraction of sp³-hybridized carbons (Fsp3) is 1.00. The van der Waals surface area contributed by atoms with E-state index in [9.17, 15) is 10.2 Å². The maximum Gasteiger partial charge on any atom is 0.0771 e. The molecular formula is C15H29NO2. The van der Waals surface area contributed by atoms with Gasteiger partial charge in [0.15, 0.2) is 0 Å². The molecule has 0 spiro atoms. The van der Waals surface area contributed by atoms with Crippen molar-refractivity contribution in [2.75, 3.05) is 13.1 Å². The van der Waals surface area contributed by atoms with Gasteiger partial charge in [-0.25, -0.2) is 0 Å². The summed E-state index contributed by atoms with van der Waals surface area (Å²) in [5.41, 5.74) is -0.468. The summed E-state index contributed by atoms with van der Waals surface area (Å²) in [4.78, 5) is 0. The SMILES string of the molecule is OC1CCCC(CNCC2(O)CCCCCC2)C1. The van der Waals surface area contributed by atoms with E-state index in [-0.39, 0.29) is 6.10 Å². The van der Waals surface area contributed by atoms with Gasteiger partial charge in [-0.05, 0) is 44.6 Å². The van der Waals surface area contributed by atoms with Gasteiger partial charge in [-0.1, -0.05) is 32.1 Å². The highest BCUT2D eigenvalue weighted by molar-refractivity contribution is 4.84. The van der Waals surface area contributed by atoms with Crippen LogP contribution in [0.3, 0.4) is 0 Å². The molecule has 2 unspecified atom stereocenters. The molecule has 2 atom stereocenters. The second kappa shape index (κ2) is 6.88. The Morgan fingerprint density at radius 1 is 1.00 bits per heavy atom. The summed E-state index contributed by atoms with van der Waals surface area (Å²) in [5, 5.41) is 23.6. The highest BCUT2D eigenvalue weighted by atomic mass is 16.3. The zero-order valence-electron chi connectivity index (χ0n) is 11.5. The lowest BCUT2D eigenvalue weighted by atomic mass is 9.87. The molecule has 0 bridgehead atoms. The minimum Gasteiger partial charge on any atom is -0.393 e. The van der Waals surface area contributed by atoms with E-state index in [0.717, 1.165) is 45.2 Å². The van der Waals surface area contributed by atoms with Crippen LogP contribution in [0.4, 0.5) is 0 Å². The van der Waals surface area contributed by atoms with Crippen LogP contribution in [0.25, 0.3) is 0 Å². The highest BCUT2D eigenvalue weighted by Gasteiger charge is 2.28. The van der Waals surface area contributed by atoms with Crippen molar-refractivity contribution in [3.05, 3.63) is 0 Å². The topological polar surface area (TPSA) is 52.5 Å². The van der Waals surface area contributed by atoms with Crippen molar-refractivity contribution in [2.45, 2.75) is 75.9 Å². The quantitative estimate of drug-likeness (QED) is 0.675. The maximum atomic E-state index is 10.5. The Morgan fingerprint density at radius 3 is 2.39 bits per heavy atom. The van der Waals surface area contributed by atoms with Crippen molar-refractivity contribution in [3.63, 3.8) is 0 Å². The summed E-state index contributed by atoms with van der Waals surface area (Å²) in [7, 11) is 0. The van der Waals surface area contributed by atoms with Gasteiger partial charge in [-0.2, -0.15) is 0 Å². The van der Waals surface area contributed by atoms with Crippen LogP contribution in [-0.4, -0.2) is 35.0 Å². The van der Waals surface area contributed by atoms with Gasteiger partial charge in [0.2, 0.25) is 0 Å². The van der Waals surface area contributed by atoms with Crippen LogP contribution in [0.15, 0.2) is 0 Å². The third kappa shape index (κ3) is 4.52. The standard InChI is InChI=1S/C15H29NO2/c17-14-7-5-6-13(10-14)11-16-12-15(18)8-3-1-2-4-9-15/h13-14,16-18H,1-12H2. The van der Waals surface area contributed by atoms with Crippen LogP contribution in [0.5, 0.6) is 0 Å². The number of hydrogen-bond acceptors (Lipinski definition) is 3.